The molecule has 0 radical (unpaired) electrons. The third kappa shape index (κ3) is 3.03. The van der Waals surface area contributed by atoms with E-state index in [1.165, 1.54) is 0 Å². The van der Waals surface area contributed by atoms with Crippen molar-refractivity contribution in [3.63, 3.8) is 0 Å². The van der Waals surface area contributed by atoms with E-state index >= 15 is 0 Å². The van der Waals surface area contributed by atoms with Crippen LogP contribution in [0.1, 0.15) is 19.3 Å². The quantitative estimate of drug-likeness (QED) is 0.775. The highest BCUT2D eigenvalue weighted by molar-refractivity contribution is 4.95. The monoisotopic (exact) mass is 258 g/mol. The molecule has 0 bridgehead atoms. The van der Waals surface area contributed by atoms with Gasteiger partial charge in [-0.1, -0.05) is 0 Å². The average molecular weight is 258 g/mol. The molecule has 2 fully saturated rings. The van der Waals surface area contributed by atoms with Crippen LogP contribution in [0.2, 0.25) is 0 Å². The smallest absolute Gasteiger partial charge is 0.170 e. The maximum atomic E-state index is 5.85. The number of hydrogen-bond donors (Lipinski definition) is 1. The molecular formula is C13H26N2O3. The number of methoxy groups -OCH3 is 1. The molecule has 5 nitrogen and oxygen atoms in total. The zero-order chi connectivity index (χ0) is 13.0. The lowest BCUT2D eigenvalue weighted by Crippen LogP contribution is -2.56. The van der Waals surface area contributed by atoms with E-state index in [-0.39, 0.29) is 5.79 Å². The maximum absolute atomic E-state index is 5.85. The Morgan fingerprint density at radius 3 is 2.72 bits per heavy atom. The Balaban J connectivity index is 1.98. The Kier molecular flexibility index (Phi) is 4.98. The Bertz CT molecular complexity index is 257. The minimum absolute atomic E-state index is 0.320. The topological polar surface area (TPSA) is 43.0 Å². The number of nitrogens with zero attached hydrogens (tertiary/aromatic N) is 1. The first-order valence-electron chi connectivity index (χ1n) is 6.85. The van der Waals surface area contributed by atoms with Crippen LogP contribution in [-0.4, -0.2) is 70.3 Å². The second kappa shape index (κ2) is 6.30. The summed E-state index contributed by atoms with van der Waals surface area (Å²) in [7, 11) is 5.94. The van der Waals surface area contributed by atoms with E-state index in [0.717, 1.165) is 45.6 Å². The molecular weight excluding hydrogens is 232 g/mol. The molecule has 0 aromatic heterocycles. The highest BCUT2D eigenvalue weighted by atomic mass is 16.7. The van der Waals surface area contributed by atoms with Crippen LogP contribution in [0.5, 0.6) is 0 Å². The molecule has 5 heteroatoms. The van der Waals surface area contributed by atoms with Crippen molar-refractivity contribution in [1.29, 1.82) is 0 Å². The van der Waals surface area contributed by atoms with Gasteiger partial charge in [0.05, 0.1) is 19.8 Å². The molecule has 1 heterocycles. The highest BCUT2D eigenvalue weighted by Gasteiger charge is 2.45. The first kappa shape index (κ1) is 14.2. The lowest BCUT2D eigenvalue weighted by atomic mass is 9.85. The Morgan fingerprint density at radius 1 is 1.39 bits per heavy atom. The second-order valence-electron chi connectivity index (χ2n) is 5.29. The Hall–Kier alpha value is -0.200. The van der Waals surface area contributed by atoms with Crippen molar-refractivity contribution in [3.8, 4) is 0 Å². The van der Waals surface area contributed by atoms with Crippen molar-refractivity contribution in [2.45, 2.75) is 37.1 Å². The predicted octanol–water partition coefficient (Wildman–Crippen LogP) is 0.448. The number of likely N-dealkylation sites (N-methyl/N-ethyl adjacent to an activating group) is 2. The van der Waals surface area contributed by atoms with Crippen molar-refractivity contribution in [2.24, 2.45) is 0 Å². The van der Waals surface area contributed by atoms with E-state index in [2.05, 4.69) is 17.3 Å². The van der Waals surface area contributed by atoms with Crippen LogP contribution in [0.3, 0.4) is 0 Å². The van der Waals surface area contributed by atoms with Crippen molar-refractivity contribution in [2.75, 3.05) is 47.6 Å². The third-order valence-electron chi connectivity index (χ3n) is 4.22. The van der Waals surface area contributed by atoms with E-state index in [9.17, 15) is 0 Å². The van der Waals surface area contributed by atoms with Crippen LogP contribution < -0.4 is 5.32 Å². The molecule has 2 aliphatic rings. The van der Waals surface area contributed by atoms with E-state index in [4.69, 9.17) is 14.2 Å². The second-order valence-corrected chi connectivity index (χ2v) is 5.29. The molecule has 1 aliphatic carbocycles. The summed E-state index contributed by atoms with van der Waals surface area (Å²) in [6.07, 6.45) is 3.03. The van der Waals surface area contributed by atoms with Gasteiger partial charge in [0.1, 0.15) is 0 Å². The molecule has 2 atom stereocenters. The molecule has 1 aliphatic heterocycles. The van der Waals surface area contributed by atoms with Gasteiger partial charge in [0, 0.05) is 38.6 Å². The number of hydrogen-bond acceptors (Lipinski definition) is 5. The lowest BCUT2D eigenvalue weighted by molar-refractivity contribution is -0.192. The number of ether oxygens (including phenoxy) is 3. The fourth-order valence-corrected chi connectivity index (χ4v) is 3.09. The zero-order valence-electron chi connectivity index (χ0n) is 11.8. The van der Waals surface area contributed by atoms with Crippen molar-refractivity contribution in [1.82, 2.24) is 10.2 Å². The summed E-state index contributed by atoms with van der Waals surface area (Å²) < 4.78 is 16.9. The van der Waals surface area contributed by atoms with Crippen LogP contribution in [-0.2, 0) is 14.2 Å². The SMILES string of the molecule is CNC1CCC2(CC1N(C)CCOC)OCCO2. The fraction of sp³-hybridized carbons (Fsp3) is 1.00. The first-order valence-corrected chi connectivity index (χ1v) is 6.85. The molecule has 106 valence electrons. The molecule has 1 saturated heterocycles. The largest absolute Gasteiger partial charge is 0.383 e. The van der Waals surface area contributed by atoms with E-state index in [1.807, 2.05) is 7.05 Å². The summed E-state index contributed by atoms with van der Waals surface area (Å²) in [4.78, 5) is 2.36. The van der Waals surface area contributed by atoms with E-state index in [1.54, 1.807) is 7.11 Å². The molecule has 1 spiro atoms. The van der Waals surface area contributed by atoms with Crippen molar-refractivity contribution < 1.29 is 14.2 Å². The zero-order valence-corrected chi connectivity index (χ0v) is 11.8. The Labute approximate surface area is 110 Å². The molecule has 2 rings (SSSR count). The van der Waals surface area contributed by atoms with Gasteiger partial charge in [-0.15, -0.1) is 0 Å². The van der Waals surface area contributed by atoms with E-state index in [0.29, 0.717) is 12.1 Å². The summed E-state index contributed by atoms with van der Waals surface area (Å²) in [6, 6.07) is 0.947. The van der Waals surface area contributed by atoms with E-state index < -0.39 is 0 Å². The highest BCUT2D eigenvalue weighted by Crippen LogP contribution is 2.37. The van der Waals surface area contributed by atoms with Gasteiger partial charge in [0.15, 0.2) is 5.79 Å². The van der Waals surface area contributed by atoms with Crippen LogP contribution in [0.25, 0.3) is 0 Å². The average Bonchev–Trinajstić information content (AvgIpc) is 2.84. The molecule has 2 unspecified atom stereocenters. The molecule has 1 saturated carbocycles. The first-order chi connectivity index (χ1) is 8.71. The number of nitrogens with one attached hydrogen (secondary N) is 1. The summed E-state index contributed by atoms with van der Waals surface area (Å²) in [5.41, 5.74) is 0. The Morgan fingerprint density at radius 2 is 2.11 bits per heavy atom. The van der Waals surface area contributed by atoms with Crippen LogP contribution in [0, 0.1) is 0 Å². The minimum atomic E-state index is -0.320. The van der Waals surface area contributed by atoms with Gasteiger partial charge in [-0.25, -0.2) is 0 Å². The van der Waals surface area contributed by atoms with Crippen molar-refractivity contribution >= 4 is 0 Å². The normalized spacial score (nSPS) is 31.3. The summed E-state index contributed by atoms with van der Waals surface area (Å²) in [5.74, 6) is -0.320. The maximum Gasteiger partial charge on any atom is 0.170 e. The van der Waals surface area contributed by atoms with Gasteiger partial charge in [0.25, 0.3) is 0 Å². The van der Waals surface area contributed by atoms with Crippen LogP contribution >= 0.6 is 0 Å². The molecule has 0 aromatic rings. The molecule has 1 N–H and O–H groups in total. The van der Waals surface area contributed by atoms with Crippen LogP contribution in [0.4, 0.5) is 0 Å². The summed E-state index contributed by atoms with van der Waals surface area (Å²) in [5, 5.41) is 3.42. The predicted molar refractivity (Wildman–Crippen MR) is 69.6 cm³/mol. The molecule has 0 amide bonds. The summed E-state index contributed by atoms with van der Waals surface area (Å²) >= 11 is 0. The van der Waals surface area contributed by atoms with Crippen molar-refractivity contribution in [3.05, 3.63) is 0 Å². The minimum Gasteiger partial charge on any atom is -0.383 e. The third-order valence-corrected chi connectivity index (χ3v) is 4.22. The standard InChI is InChI=1S/C13H26N2O3/c1-14-11-4-5-13(17-8-9-18-13)10-12(11)15(2)6-7-16-3/h11-12,14H,4-10H2,1-3H3. The summed E-state index contributed by atoms with van der Waals surface area (Å²) in [6.45, 7) is 3.17. The van der Waals surface area contributed by atoms with Gasteiger partial charge >= 0.3 is 0 Å². The molecule has 0 aromatic carbocycles. The van der Waals surface area contributed by atoms with Gasteiger partial charge in [0.2, 0.25) is 0 Å². The number of rotatable bonds is 5. The van der Waals surface area contributed by atoms with Gasteiger partial charge < -0.3 is 19.5 Å². The van der Waals surface area contributed by atoms with Gasteiger partial charge in [-0.3, -0.25) is 4.90 Å². The fourth-order valence-electron chi connectivity index (χ4n) is 3.09. The molecule has 18 heavy (non-hydrogen) atoms. The van der Waals surface area contributed by atoms with Crippen LogP contribution in [0.15, 0.2) is 0 Å². The van der Waals surface area contributed by atoms with Gasteiger partial charge in [-0.05, 0) is 20.5 Å². The lowest BCUT2D eigenvalue weighted by Gasteiger charge is -2.44. The van der Waals surface area contributed by atoms with Gasteiger partial charge in [-0.2, -0.15) is 0 Å².